The van der Waals surface area contributed by atoms with E-state index in [1.54, 1.807) is 12.1 Å². The van der Waals surface area contributed by atoms with Crippen LogP contribution >= 0.6 is 9.24 Å². The summed E-state index contributed by atoms with van der Waals surface area (Å²) >= 11 is 0. The van der Waals surface area contributed by atoms with Gasteiger partial charge in [0.25, 0.3) is 0 Å². The van der Waals surface area contributed by atoms with Crippen LogP contribution in [0, 0.1) is 5.41 Å². The van der Waals surface area contributed by atoms with Crippen LogP contribution in [0.3, 0.4) is 0 Å². The quantitative estimate of drug-likeness (QED) is 0.617. The van der Waals surface area contributed by atoms with Gasteiger partial charge in [0.2, 0.25) is 0 Å². The van der Waals surface area contributed by atoms with Crippen LogP contribution in [-0.4, -0.2) is 18.9 Å². The fourth-order valence-corrected chi connectivity index (χ4v) is 1.94. The first-order chi connectivity index (χ1) is 9.73. The van der Waals surface area contributed by atoms with E-state index in [1.807, 2.05) is 20.7 Å². The van der Waals surface area contributed by atoms with E-state index >= 15 is 0 Å². The van der Waals surface area contributed by atoms with Crippen molar-refractivity contribution in [2.24, 2.45) is 5.41 Å². The Morgan fingerprint density at radius 2 is 1.59 bits per heavy atom. The van der Waals surface area contributed by atoms with Gasteiger partial charge in [-0.25, -0.2) is 0 Å². The highest BCUT2D eigenvalue weighted by Crippen LogP contribution is 2.33. The summed E-state index contributed by atoms with van der Waals surface area (Å²) in [6, 6.07) is 4.69. The number of ether oxygens (including phenoxy) is 1. The number of rotatable bonds is 4. The molecule has 0 aliphatic carbocycles. The first kappa shape index (κ1) is 19.3. The summed E-state index contributed by atoms with van der Waals surface area (Å²) < 4.78 is 47.4. The zero-order valence-electron chi connectivity index (χ0n) is 13.8. The number of hydrogen-bond donors (Lipinski definition) is 0. The second kappa shape index (κ2) is 6.41. The molecule has 1 unspecified atom stereocenters. The standard InChI is InChI=1S/C15H23BF3O2P/c1-13(2,3)14(4,5)21-16(6)10-7-8-12(22)11(9-10)20-15(17,18)19/h7-9H,22H2,1-6H3. The van der Waals surface area contributed by atoms with Crippen LogP contribution < -0.4 is 15.5 Å². The molecule has 22 heavy (non-hydrogen) atoms. The van der Waals surface area contributed by atoms with Gasteiger partial charge in [-0.2, -0.15) is 0 Å². The van der Waals surface area contributed by atoms with Gasteiger partial charge in [0.05, 0.1) is 5.60 Å². The number of hydrogen-bond acceptors (Lipinski definition) is 2. The minimum absolute atomic E-state index is 0.104. The predicted molar refractivity (Wildman–Crippen MR) is 88.3 cm³/mol. The number of halogens is 3. The third kappa shape index (κ3) is 5.17. The van der Waals surface area contributed by atoms with Gasteiger partial charge in [-0.05, 0) is 30.8 Å². The number of alkyl halides is 3. The molecule has 1 rings (SSSR count). The van der Waals surface area contributed by atoms with Crippen LogP contribution in [0.4, 0.5) is 13.2 Å². The Morgan fingerprint density at radius 1 is 1.05 bits per heavy atom. The third-order valence-electron chi connectivity index (χ3n) is 4.01. The SMILES string of the molecule is CB(OC(C)(C)C(C)(C)C)c1ccc(P)c(OC(F)(F)F)c1. The Bertz CT molecular complexity index is 524. The molecule has 0 spiro atoms. The first-order valence-corrected chi connectivity index (χ1v) is 7.64. The summed E-state index contributed by atoms with van der Waals surface area (Å²) in [6.45, 7) is 11.6. The largest absolute Gasteiger partial charge is 0.573 e. The average Bonchev–Trinajstić information content (AvgIpc) is 2.28. The van der Waals surface area contributed by atoms with Gasteiger partial charge in [-0.15, -0.1) is 22.4 Å². The van der Waals surface area contributed by atoms with E-state index in [4.69, 9.17) is 4.65 Å². The molecule has 7 heteroatoms. The van der Waals surface area contributed by atoms with Crippen molar-refractivity contribution in [3.63, 3.8) is 0 Å². The van der Waals surface area contributed by atoms with E-state index in [9.17, 15) is 13.2 Å². The van der Waals surface area contributed by atoms with Crippen molar-refractivity contribution in [3.05, 3.63) is 18.2 Å². The van der Waals surface area contributed by atoms with Crippen LogP contribution in [0.5, 0.6) is 5.75 Å². The Kier molecular flexibility index (Phi) is 5.62. The lowest BCUT2D eigenvalue weighted by atomic mass is 9.62. The van der Waals surface area contributed by atoms with Crippen LogP contribution in [0.1, 0.15) is 34.6 Å². The molecule has 0 amide bonds. The smallest absolute Gasteiger partial charge is 0.426 e. The first-order valence-electron chi connectivity index (χ1n) is 7.06. The normalized spacial score (nSPS) is 13.2. The van der Waals surface area contributed by atoms with Crippen molar-refractivity contribution in [1.82, 2.24) is 0 Å². The average molecular weight is 334 g/mol. The van der Waals surface area contributed by atoms with E-state index < -0.39 is 12.0 Å². The van der Waals surface area contributed by atoms with E-state index in [-0.39, 0.29) is 18.1 Å². The Balaban J connectivity index is 3.00. The molecular formula is C15H23BF3O2P. The summed E-state index contributed by atoms with van der Waals surface area (Å²) in [6.07, 6.45) is -4.71. The highest BCUT2D eigenvalue weighted by atomic mass is 31.0. The fourth-order valence-electron chi connectivity index (χ4n) is 1.70. The molecule has 0 aromatic heterocycles. The molecule has 0 N–H and O–H groups in total. The zero-order valence-corrected chi connectivity index (χ0v) is 15.0. The van der Waals surface area contributed by atoms with Gasteiger partial charge in [-0.3, -0.25) is 0 Å². The van der Waals surface area contributed by atoms with Gasteiger partial charge >= 0.3 is 13.3 Å². The summed E-state index contributed by atoms with van der Waals surface area (Å²) in [5, 5.41) is 0.350. The predicted octanol–water partition coefficient (Wildman–Crippen LogP) is 3.76. The zero-order chi connectivity index (χ0) is 17.3. The molecule has 0 fully saturated rings. The second-order valence-corrected chi connectivity index (χ2v) is 7.49. The molecule has 0 aliphatic heterocycles. The Hall–Kier alpha value is -0.735. The van der Waals surface area contributed by atoms with Crippen molar-refractivity contribution < 1.29 is 22.6 Å². The number of benzene rings is 1. The monoisotopic (exact) mass is 334 g/mol. The lowest BCUT2D eigenvalue weighted by molar-refractivity contribution is -0.274. The van der Waals surface area contributed by atoms with E-state index in [1.165, 1.54) is 6.07 Å². The summed E-state index contributed by atoms with van der Waals surface area (Å²) in [7, 11) is 2.24. The molecule has 0 radical (unpaired) electrons. The molecule has 0 aliphatic rings. The molecule has 1 aromatic carbocycles. The molecule has 2 nitrogen and oxygen atoms in total. The molecule has 0 saturated carbocycles. The minimum Gasteiger partial charge on any atom is -0.426 e. The Labute approximate surface area is 133 Å². The topological polar surface area (TPSA) is 18.5 Å². The summed E-state index contributed by atoms with van der Waals surface area (Å²) in [5.74, 6) is -0.223. The van der Waals surface area contributed by atoms with Crippen molar-refractivity contribution >= 4 is 26.9 Å². The molecule has 0 bridgehead atoms. The van der Waals surface area contributed by atoms with Crippen LogP contribution in [0.2, 0.25) is 6.82 Å². The molecule has 0 saturated heterocycles. The maximum Gasteiger partial charge on any atom is 0.573 e. The lowest BCUT2D eigenvalue weighted by Crippen LogP contribution is -2.47. The van der Waals surface area contributed by atoms with Gasteiger partial charge in [0.1, 0.15) is 5.75 Å². The van der Waals surface area contributed by atoms with Crippen molar-refractivity contribution in [1.29, 1.82) is 0 Å². The van der Waals surface area contributed by atoms with Crippen molar-refractivity contribution in [3.8, 4) is 5.75 Å². The van der Waals surface area contributed by atoms with Crippen LogP contribution in [-0.2, 0) is 4.65 Å². The highest BCUT2D eigenvalue weighted by Gasteiger charge is 2.36. The molecule has 124 valence electrons. The van der Waals surface area contributed by atoms with Gasteiger partial charge in [0, 0.05) is 5.30 Å². The van der Waals surface area contributed by atoms with E-state index in [0.29, 0.717) is 10.8 Å². The van der Waals surface area contributed by atoms with Crippen molar-refractivity contribution in [2.45, 2.75) is 53.4 Å². The molecular weight excluding hydrogens is 311 g/mol. The lowest BCUT2D eigenvalue weighted by Gasteiger charge is -2.40. The van der Waals surface area contributed by atoms with Gasteiger partial charge < -0.3 is 9.39 Å². The maximum absolute atomic E-state index is 12.4. The summed E-state index contributed by atoms with van der Waals surface area (Å²) in [4.78, 5) is 0. The second-order valence-electron chi connectivity index (χ2n) is 6.87. The molecule has 1 atom stereocenters. The fraction of sp³-hybridized carbons (Fsp3) is 0.600. The van der Waals surface area contributed by atoms with Crippen LogP contribution in [0.25, 0.3) is 0 Å². The van der Waals surface area contributed by atoms with Gasteiger partial charge in [-0.1, -0.05) is 39.7 Å². The van der Waals surface area contributed by atoms with Gasteiger partial charge in [0.15, 0.2) is 0 Å². The third-order valence-corrected chi connectivity index (χ3v) is 4.49. The Morgan fingerprint density at radius 3 is 2.05 bits per heavy atom. The van der Waals surface area contributed by atoms with Crippen LogP contribution in [0.15, 0.2) is 18.2 Å². The van der Waals surface area contributed by atoms with E-state index in [0.717, 1.165) is 0 Å². The highest BCUT2D eigenvalue weighted by molar-refractivity contribution is 7.27. The maximum atomic E-state index is 12.4. The minimum atomic E-state index is -4.71. The van der Waals surface area contributed by atoms with Crippen molar-refractivity contribution in [2.75, 3.05) is 0 Å². The molecule has 1 aromatic rings. The molecule has 0 heterocycles. The van der Waals surface area contributed by atoms with E-state index in [2.05, 4.69) is 34.7 Å². The summed E-state index contributed by atoms with van der Waals surface area (Å²) in [5.41, 5.74) is 0.104.